The monoisotopic (exact) mass is 386 g/mol. The molecule has 0 bridgehead atoms. The molecule has 6 nitrogen and oxygen atoms in total. The van der Waals surface area contributed by atoms with Crippen molar-refractivity contribution in [2.24, 2.45) is 4.99 Å². The fraction of sp³-hybridized carbons (Fsp3) is 0.400. The van der Waals surface area contributed by atoms with E-state index in [4.69, 9.17) is 4.42 Å². The van der Waals surface area contributed by atoms with E-state index in [9.17, 15) is 4.79 Å². The minimum Gasteiger partial charge on any atom is -0.459 e. The van der Waals surface area contributed by atoms with Crippen LogP contribution in [0.15, 0.2) is 52.1 Å². The lowest BCUT2D eigenvalue weighted by Gasteiger charge is -2.24. The molecular formula is C20H26N4O2S. The molecule has 1 fully saturated rings. The molecule has 1 unspecified atom stereocenters. The molecular weight excluding hydrogens is 360 g/mol. The maximum atomic E-state index is 12.1. The Morgan fingerprint density at radius 1 is 1.30 bits per heavy atom. The molecule has 3 rings (SSSR count). The summed E-state index contributed by atoms with van der Waals surface area (Å²) in [7, 11) is 1.78. The molecule has 1 aromatic carbocycles. The van der Waals surface area contributed by atoms with Gasteiger partial charge in [-0.05, 0) is 55.3 Å². The number of carbonyl (C=O) groups is 1. The van der Waals surface area contributed by atoms with E-state index in [0.717, 1.165) is 23.8 Å². The summed E-state index contributed by atoms with van der Waals surface area (Å²) in [6, 6.07) is 11.1. The van der Waals surface area contributed by atoms with Gasteiger partial charge in [0.15, 0.2) is 11.7 Å². The fourth-order valence-electron chi connectivity index (χ4n) is 3.01. The molecule has 0 spiro atoms. The molecule has 1 saturated heterocycles. The SMILES string of the molecule is CN=C(NCc1cccc(NC(=O)c2ccco2)c1)NCC1(C)CCCS1. The van der Waals surface area contributed by atoms with Crippen LogP contribution in [0.5, 0.6) is 0 Å². The maximum absolute atomic E-state index is 12.1. The van der Waals surface area contributed by atoms with Crippen LogP contribution in [0.1, 0.15) is 35.9 Å². The molecule has 1 aromatic heterocycles. The lowest BCUT2D eigenvalue weighted by Crippen LogP contribution is -2.43. The molecule has 7 heteroatoms. The predicted molar refractivity (Wildman–Crippen MR) is 111 cm³/mol. The number of benzene rings is 1. The van der Waals surface area contributed by atoms with Crippen molar-refractivity contribution in [3.05, 3.63) is 54.0 Å². The summed E-state index contributed by atoms with van der Waals surface area (Å²) < 4.78 is 5.40. The number of rotatable bonds is 6. The van der Waals surface area contributed by atoms with Gasteiger partial charge in [-0.25, -0.2) is 0 Å². The molecule has 1 amide bonds. The minimum absolute atomic E-state index is 0.259. The highest BCUT2D eigenvalue weighted by atomic mass is 32.2. The highest BCUT2D eigenvalue weighted by Crippen LogP contribution is 2.36. The van der Waals surface area contributed by atoms with Crippen molar-refractivity contribution >= 4 is 29.3 Å². The van der Waals surface area contributed by atoms with Crippen LogP contribution in [-0.2, 0) is 6.54 Å². The first-order valence-electron chi connectivity index (χ1n) is 9.10. The van der Waals surface area contributed by atoms with Crippen LogP contribution in [0.3, 0.4) is 0 Å². The van der Waals surface area contributed by atoms with Crippen molar-refractivity contribution < 1.29 is 9.21 Å². The Bertz CT molecular complexity index is 783. The lowest BCUT2D eigenvalue weighted by atomic mass is 10.1. The smallest absolute Gasteiger partial charge is 0.291 e. The molecule has 1 aliphatic rings. The van der Waals surface area contributed by atoms with E-state index >= 15 is 0 Å². The number of guanidine groups is 1. The van der Waals surface area contributed by atoms with Gasteiger partial charge in [0, 0.05) is 30.6 Å². The molecule has 1 atom stereocenters. The number of carbonyl (C=O) groups excluding carboxylic acids is 1. The summed E-state index contributed by atoms with van der Waals surface area (Å²) in [4.78, 5) is 16.4. The predicted octanol–water partition coefficient (Wildman–Crippen LogP) is 3.48. The van der Waals surface area contributed by atoms with Crippen molar-refractivity contribution in [2.45, 2.75) is 31.1 Å². The number of aliphatic imine (C=N–C) groups is 1. The quantitative estimate of drug-likeness (QED) is 0.523. The number of nitrogens with zero attached hydrogens (tertiary/aromatic N) is 1. The Morgan fingerprint density at radius 3 is 2.89 bits per heavy atom. The largest absolute Gasteiger partial charge is 0.459 e. The van der Waals surface area contributed by atoms with Gasteiger partial charge in [-0.2, -0.15) is 11.8 Å². The number of thioether (sulfide) groups is 1. The van der Waals surface area contributed by atoms with E-state index in [-0.39, 0.29) is 10.7 Å². The zero-order chi connectivity index (χ0) is 19.1. The summed E-state index contributed by atoms with van der Waals surface area (Å²) >= 11 is 2.02. The fourth-order valence-corrected chi connectivity index (χ4v) is 4.26. The average Bonchev–Trinajstić information content (AvgIpc) is 3.34. The molecule has 144 valence electrons. The molecule has 1 aliphatic heterocycles. The van der Waals surface area contributed by atoms with Gasteiger partial charge < -0.3 is 20.4 Å². The first-order chi connectivity index (χ1) is 13.1. The average molecular weight is 387 g/mol. The van der Waals surface area contributed by atoms with Crippen LogP contribution in [0.25, 0.3) is 0 Å². The van der Waals surface area contributed by atoms with Crippen molar-refractivity contribution in [2.75, 3.05) is 24.7 Å². The Labute approximate surface area is 164 Å². The summed E-state index contributed by atoms with van der Waals surface area (Å²) in [6.07, 6.45) is 4.00. The third-order valence-electron chi connectivity index (χ3n) is 4.54. The third kappa shape index (κ3) is 5.53. The summed E-state index contributed by atoms with van der Waals surface area (Å²) in [5.74, 6) is 2.06. The Morgan fingerprint density at radius 2 is 2.19 bits per heavy atom. The molecule has 27 heavy (non-hydrogen) atoms. The zero-order valence-electron chi connectivity index (χ0n) is 15.7. The van der Waals surface area contributed by atoms with E-state index in [1.807, 2.05) is 36.0 Å². The first-order valence-corrected chi connectivity index (χ1v) is 10.1. The number of furan rings is 1. The number of hydrogen-bond acceptors (Lipinski definition) is 4. The Balaban J connectivity index is 1.51. The zero-order valence-corrected chi connectivity index (χ0v) is 16.6. The van der Waals surface area contributed by atoms with Crippen molar-refractivity contribution in [1.29, 1.82) is 0 Å². The van der Waals surface area contributed by atoms with Crippen LogP contribution in [0, 0.1) is 0 Å². The highest BCUT2D eigenvalue weighted by Gasteiger charge is 2.29. The molecule has 0 aliphatic carbocycles. The van der Waals surface area contributed by atoms with Gasteiger partial charge in [-0.3, -0.25) is 9.79 Å². The van der Waals surface area contributed by atoms with Gasteiger partial charge in [0.05, 0.1) is 6.26 Å². The highest BCUT2D eigenvalue weighted by molar-refractivity contribution is 8.00. The van der Waals surface area contributed by atoms with Crippen LogP contribution in [0.2, 0.25) is 0 Å². The van der Waals surface area contributed by atoms with Crippen LogP contribution in [-0.4, -0.2) is 36.0 Å². The Hall–Kier alpha value is -2.41. The maximum Gasteiger partial charge on any atom is 0.291 e. The molecule has 0 saturated carbocycles. The Kier molecular flexibility index (Phi) is 6.45. The van der Waals surface area contributed by atoms with Crippen molar-refractivity contribution in [3.8, 4) is 0 Å². The summed E-state index contributed by atoms with van der Waals surface area (Å²) in [5, 5.41) is 9.60. The second-order valence-corrected chi connectivity index (χ2v) is 8.50. The topological polar surface area (TPSA) is 78.7 Å². The minimum atomic E-state index is -0.259. The van der Waals surface area contributed by atoms with Crippen LogP contribution in [0.4, 0.5) is 5.69 Å². The van der Waals surface area contributed by atoms with E-state index < -0.39 is 0 Å². The van der Waals surface area contributed by atoms with Crippen LogP contribution >= 0.6 is 11.8 Å². The van der Waals surface area contributed by atoms with Gasteiger partial charge in [0.2, 0.25) is 0 Å². The number of amides is 1. The van der Waals surface area contributed by atoms with E-state index in [1.165, 1.54) is 24.9 Å². The summed E-state index contributed by atoms with van der Waals surface area (Å²) in [5.41, 5.74) is 1.78. The van der Waals surface area contributed by atoms with Gasteiger partial charge in [-0.15, -0.1) is 0 Å². The van der Waals surface area contributed by atoms with Gasteiger partial charge in [0.25, 0.3) is 5.91 Å². The normalized spacial score (nSPS) is 19.7. The lowest BCUT2D eigenvalue weighted by molar-refractivity contribution is 0.0996. The van der Waals surface area contributed by atoms with Gasteiger partial charge in [-0.1, -0.05) is 12.1 Å². The number of nitrogens with one attached hydrogen (secondary N) is 3. The second-order valence-electron chi connectivity index (χ2n) is 6.81. The van der Waals surface area contributed by atoms with E-state index in [2.05, 4.69) is 27.9 Å². The number of hydrogen-bond donors (Lipinski definition) is 3. The number of anilines is 1. The van der Waals surface area contributed by atoms with Gasteiger partial charge >= 0.3 is 0 Å². The first kappa shape index (κ1) is 19.4. The van der Waals surface area contributed by atoms with E-state index in [0.29, 0.717) is 12.3 Å². The van der Waals surface area contributed by atoms with Crippen LogP contribution < -0.4 is 16.0 Å². The third-order valence-corrected chi connectivity index (χ3v) is 6.08. The second kappa shape index (κ2) is 8.99. The van der Waals surface area contributed by atoms with E-state index in [1.54, 1.807) is 19.2 Å². The molecule has 2 heterocycles. The molecule has 3 N–H and O–H groups in total. The summed E-state index contributed by atoms with van der Waals surface area (Å²) in [6.45, 7) is 3.82. The van der Waals surface area contributed by atoms with Crippen molar-refractivity contribution in [3.63, 3.8) is 0 Å². The van der Waals surface area contributed by atoms with Gasteiger partial charge in [0.1, 0.15) is 0 Å². The van der Waals surface area contributed by atoms with Crippen molar-refractivity contribution in [1.82, 2.24) is 10.6 Å². The standard InChI is InChI=1S/C20H26N4O2S/c1-20(9-5-11-27-20)14-23-19(21-2)22-13-15-6-3-7-16(12-15)24-18(25)17-8-4-10-26-17/h3-4,6-8,10,12H,5,9,11,13-14H2,1-2H3,(H,24,25)(H2,21,22,23). The molecule has 0 radical (unpaired) electrons. The molecule has 2 aromatic rings.